The molecule has 9 heteroatoms. The fourth-order valence-electron chi connectivity index (χ4n) is 3.51. The number of esters is 1. The summed E-state index contributed by atoms with van der Waals surface area (Å²) in [6.45, 7) is 6.73. The molecule has 1 amide bonds. The van der Waals surface area contributed by atoms with E-state index in [1.165, 1.54) is 18.2 Å². The number of hydrogen-bond donors (Lipinski definition) is 1. The van der Waals surface area contributed by atoms with Crippen LogP contribution in [0.2, 0.25) is 5.02 Å². The molecule has 1 aromatic heterocycles. The lowest BCUT2D eigenvalue weighted by Crippen LogP contribution is -2.07. The number of amides is 1. The zero-order chi connectivity index (χ0) is 25.1. The first-order chi connectivity index (χ1) is 16.8. The van der Waals surface area contributed by atoms with Crippen LogP contribution >= 0.6 is 11.6 Å². The Balaban J connectivity index is 1.91. The maximum atomic E-state index is 15.8. The maximum absolute atomic E-state index is 15.8. The number of hydrogen-bond acceptors (Lipinski definition) is 5. The van der Waals surface area contributed by atoms with Crippen LogP contribution in [0.15, 0.2) is 80.2 Å². The molecule has 0 saturated heterocycles. The summed E-state index contributed by atoms with van der Waals surface area (Å²) in [6.07, 6.45) is 3.19. The van der Waals surface area contributed by atoms with E-state index >= 15 is 4.39 Å². The van der Waals surface area contributed by atoms with E-state index in [9.17, 15) is 14.0 Å². The van der Waals surface area contributed by atoms with Crippen molar-refractivity contribution in [3.63, 3.8) is 0 Å². The first kappa shape index (κ1) is 23.7. The van der Waals surface area contributed by atoms with E-state index in [4.69, 9.17) is 16.3 Å². The third-order valence-electron chi connectivity index (χ3n) is 5.01. The number of benzene rings is 3. The van der Waals surface area contributed by atoms with Crippen molar-refractivity contribution in [2.24, 2.45) is 0 Å². The van der Waals surface area contributed by atoms with E-state index in [1.54, 1.807) is 24.3 Å². The van der Waals surface area contributed by atoms with Crippen molar-refractivity contribution in [1.29, 1.82) is 0 Å². The first-order valence-electron chi connectivity index (χ1n) is 10.1. The summed E-state index contributed by atoms with van der Waals surface area (Å²) < 4.78 is 35.8. The molecule has 0 saturated carbocycles. The molecule has 1 heterocycles. The monoisotopic (exact) mass is 491 g/mol. The Morgan fingerprint density at radius 3 is 2.51 bits per heavy atom. The summed E-state index contributed by atoms with van der Waals surface area (Å²) in [4.78, 5) is 31.7. The Bertz CT molecular complexity index is 1520. The molecular weight excluding hydrogens is 476 g/mol. The van der Waals surface area contributed by atoms with E-state index in [-0.39, 0.29) is 32.8 Å². The Kier molecular flexibility index (Phi) is 6.66. The minimum absolute atomic E-state index is 0.126. The average Bonchev–Trinajstić information content (AvgIpc) is 2.85. The summed E-state index contributed by atoms with van der Waals surface area (Å²) in [5.41, 5.74) is 0.585. The number of rotatable bonds is 6. The topological polar surface area (TPSA) is 81.2 Å². The number of halogens is 3. The van der Waals surface area contributed by atoms with Crippen molar-refractivity contribution < 1.29 is 23.1 Å². The molecule has 0 unspecified atom stereocenters. The average molecular weight is 492 g/mol. The van der Waals surface area contributed by atoms with Crippen LogP contribution in [-0.4, -0.2) is 21.8 Å². The van der Waals surface area contributed by atoms with Crippen LogP contribution < -0.4 is 10.1 Å². The molecule has 0 fully saturated rings. The number of nitrogens with zero attached hydrogens (tertiary/aromatic N) is 2. The molecular formula is C26H16ClF2N3O3. The molecule has 0 atom stereocenters. The van der Waals surface area contributed by atoms with Crippen LogP contribution in [0.25, 0.3) is 33.3 Å². The second kappa shape index (κ2) is 9.82. The minimum atomic E-state index is -0.923. The Labute approximate surface area is 203 Å². The minimum Gasteiger partial charge on any atom is -0.423 e. The van der Waals surface area contributed by atoms with E-state index in [0.29, 0.717) is 16.9 Å². The molecule has 3 aromatic carbocycles. The van der Waals surface area contributed by atoms with E-state index in [2.05, 4.69) is 28.4 Å². The van der Waals surface area contributed by atoms with Gasteiger partial charge in [-0.2, -0.15) is 0 Å². The lowest BCUT2D eigenvalue weighted by Gasteiger charge is -2.15. The van der Waals surface area contributed by atoms with Gasteiger partial charge in [0.15, 0.2) is 5.82 Å². The van der Waals surface area contributed by atoms with Gasteiger partial charge in [-0.1, -0.05) is 43.0 Å². The van der Waals surface area contributed by atoms with Crippen LogP contribution in [0.3, 0.4) is 0 Å². The fraction of sp³-hybridized carbons (Fsp3) is 0. The number of fused-ring (bicyclic) bond motifs is 1. The van der Waals surface area contributed by atoms with Crippen molar-refractivity contribution in [3.8, 4) is 28.1 Å². The molecule has 0 radical (unpaired) electrons. The molecule has 0 aliphatic rings. The molecule has 6 nitrogen and oxygen atoms in total. The Morgan fingerprint density at radius 2 is 1.77 bits per heavy atom. The summed E-state index contributed by atoms with van der Waals surface area (Å²) in [5.74, 6) is -3.24. The van der Waals surface area contributed by atoms with Gasteiger partial charge in [-0.3, -0.25) is 4.79 Å². The van der Waals surface area contributed by atoms with Crippen molar-refractivity contribution in [1.82, 2.24) is 9.97 Å². The summed E-state index contributed by atoms with van der Waals surface area (Å²) >= 11 is 6.44. The van der Waals surface area contributed by atoms with Gasteiger partial charge in [-0.25, -0.2) is 23.5 Å². The zero-order valence-electron chi connectivity index (χ0n) is 18.0. The van der Waals surface area contributed by atoms with Crippen LogP contribution in [0, 0.1) is 11.6 Å². The predicted octanol–water partition coefficient (Wildman–Crippen LogP) is 6.11. The highest BCUT2D eigenvalue weighted by Crippen LogP contribution is 2.42. The Morgan fingerprint density at radius 1 is 1.00 bits per heavy atom. The van der Waals surface area contributed by atoms with E-state index in [1.807, 2.05) is 0 Å². The molecule has 0 bridgehead atoms. The lowest BCUT2D eigenvalue weighted by atomic mass is 9.98. The van der Waals surface area contributed by atoms with Crippen LogP contribution in [-0.2, 0) is 9.59 Å². The normalized spacial score (nSPS) is 10.6. The molecule has 4 aromatic rings. The van der Waals surface area contributed by atoms with Crippen LogP contribution in [0.1, 0.15) is 0 Å². The number of aromatic nitrogens is 2. The van der Waals surface area contributed by atoms with Gasteiger partial charge in [-0.15, -0.1) is 0 Å². The Hall–Kier alpha value is -4.43. The number of anilines is 1. The van der Waals surface area contributed by atoms with Gasteiger partial charge >= 0.3 is 5.97 Å². The van der Waals surface area contributed by atoms with Gasteiger partial charge in [0.05, 0.1) is 16.3 Å². The number of nitrogens with one attached hydrogen (secondary N) is 1. The summed E-state index contributed by atoms with van der Waals surface area (Å²) in [6, 6.07) is 11.9. The fourth-order valence-corrected chi connectivity index (χ4v) is 3.79. The molecule has 1 N–H and O–H groups in total. The van der Waals surface area contributed by atoms with Crippen LogP contribution in [0.4, 0.5) is 14.5 Å². The highest BCUT2D eigenvalue weighted by Gasteiger charge is 2.24. The standard InChI is InChI=1S/C26H16ClF2N3O3/c1-3-20(33)32-15-8-5-7-14(11-15)25-16-12-17(27)22(24(29)26(16)31-13-30-25)23-18(28)9-6-10-19(23)35-21(34)4-2/h3-13H,1-2H2,(H,32,33). The highest BCUT2D eigenvalue weighted by molar-refractivity contribution is 6.34. The largest absolute Gasteiger partial charge is 0.423 e. The molecule has 0 aliphatic heterocycles. The number of ether oxygens (including phenoxy) is 1. The van der Waals surface area contributed by atoms with Gasteiger partial charge in [-0.05, 0) is 36.4 Å². The number of carbonyl (C=O) groups is 2. The molecule has 0 spiro atoms. The first-order valence-corrected chi connectivity index (χ1v) is 10.5. The molecule has 0 aliphatic carbocycles. The quantitative estimate of drug-likeness (QED) is 0.200. The lowest BCUT2D eigenvalue weighted by molar-refractivity contribution is -0.128. The molecule has 35 heavy (non-hydrogen) atoms. The van der Waals surface area contributed by atoms with Gasteiger partial charge in [0.25, 0.3) is 0 Å². The smallest absolute Gasteiger partial charge is 0.335 e. The SMILES string of the molecule is C=CC(=O)Nc1cccc(-c2ncnc3c(F)c(-c4c(F)cccc4OC(=O)C=C)c(Cl)cc23)c1. The van der Waals surface area contributed by atoms with Gasteiger partial charge < -0.3 is 10.1 Å². The van der Waals surface area contributed by atoms with Gasteiger partial charge in [0, 0.05) is 28.3 Å². The van der Waals surface area contributed by atoms with E-state index < -0.39 is 23.5 Å². The van der Waals surface area contributed by atoms with Crippen molar-refractivity contribution >= 4 is 40.1 Å². The van der Waals surface area contributed by atoms with Crippen molar-refractivity contribution in [2.75, 3.05) is 5.32 Å². The third kappa shape index (κ3) is 4.64. The second-order valence-electron chi connectivity index (χ2n) is 7.18. The highest BCUT2D eigenvalue weighted by atomic mass is 35.5. The second-order valence-corrected chi connectivity index (χ2v) is 7.59. The molecule has 174 valence electrons. The predicted molar refractivity (Wildman–Crippen MR) is 130 cm³/mol. The van der Waals surface area contributed by atoms with Crippen molar-refractivity contribution in [3.05, 3.63) is 96.8 Å². The third-order valence-corrected chi connectivity index (χ3v) is 5.31. The van der Waals surface area contributed by atoms with E-state index in [0.717, 1.165) is 24.5 Å². The van der Waals surface area contributed by atoms with Gasteiger partial charge in [0.1, 0.15) is 23.4 Å². The van der Waals surface area contributed by atoms with Crippen LogP contribution in [0.5, 0.6) is 5.75 Å². The number of carbonyl (C=O) groups excluding carboxylic acids is 2. The zero-order valence-corrected chi connectivity index (χ0v) is 18.8. The molecule has 4 rings (SSSR count). The summed E-state index contributed by atoms with van der Waals surface area (Å²) in [5, 5.41) is 2.75. The van der Waals surface area contributed by atoms with Crippen molar-refractivity contribution in [2.45, 2.75) is 0 Å². The maximum Gasteiger partial charge on any atom is 0.335 e. The van der Waals surface area contributed by atoms with Gasteiger partial charge in [0.2, 0.25) is 5.91 Å². The summed E-state index contributed by atoms with van der Waals surface area (Å²) in [7, 11) is 0.